The number of benzene rings is 2. The van der Waals surface area contributed by atoms with Crippen molar-refractivity contribution in [1.29, 1.82) is 0 Å². The number of ether oxygens (including phenoxy) is 4. The molecule has 7 rings (SSSR count). The van der Waals surface area contributed by atoms with Crippen LogP contribution < -0.4 is 61.5 Å². The molecule has 3 saturated heterocycles. The van der Waals surface area contributed by atoms with E-state index in [-0.39, 0.29) is 82.0 Å². The molecular formula is C47H62BClK3N2O14P. The molecule has 3 aliphatic heterocycles. The predicted molar refractivity (Wildman–Crippen MR) is 260 cm³/mol. The number of halogens is 1. The van der Waals surface area contributed by atoms with Gasteiger partial charge in [0.25, 0.3) is 0 Å². The summed E-state index contributed by atoms with van der Waals surface area (Å²) in [6.07, 6.45) is 10.7. The normalized spacial score (nSPS) is 18.4. The molecule has 0 spiro atoms. The first kappa shape index (κ1) is 67.7. The van der Waals surface area contributed by atoms with Crippen molar-refractivity contribution < 1.29 is 119 Å². The van der Waals surface area contributed by atoms with Gasteiger partial charge in [-0.05, 0) is 124 Å². The molecule has 3 atom stereocenters. The quantitative estimate of drug-likeness (QED) is 0.0610. The predicted octanol–water partition coefficient (Wildman–Crippen LogP) is 3.53. The van der Waals surface area contributed by atoms with Gasteiger partial charge in [-0.25, -0.2) is 9.66 Å². The van der Waals surface area contributed by atoms with Crippen molar-refractivity contribution in [2.24, 2.45) is 10.8 Å². The summed E-state index contributed by atoms with van der Waals surface area (Å²) in [5.74, 6) is 1.38. The van der Waals surface area contributed by atoms with E-state index in [1.807, 2.05) is 94.4 Å². The van der Waals surface area contributed by atoms with E-state index in [9.17, 15) is 19.8 Å². The zero-order chi connectivity index (χ0) is 50.0. The summed E-state index contributed by atoms with van der Waals surface area (Å²) in [7, 11) is -0.764. The Kier molecular flexibility index (Phi) is 32.4. The van der Waals surface area contributed by atoms with Gasteiger partial charge in [0.05, 0.1) is 54.2 Å². The molecule has 0 saturated carbocycles. The number of fused-ring (bicyclic) bond motifs is 2. The molecule has 16 nitrogen and oxygen atoms in total. The molecule has 69 heavy (non-hydrogen) atoms. The molecule has 22 heteroatoms. The second-order valence-electron chi connectivity index (χ2n) is 16.8. The Morgan fingerprint density at radius 3 is 1.58 bits per heavy atom. The van der Waals surface area contributed by atoms with Gasteiger partial charge in [-0.15, -0.1) is 0 Å². The molecule has 362 valence electrons. The molecule has 0 amide bonds. The van der Waals surface area contributed by atoms with Gasteiger partial charge in [0.1, 0.15) is 5.15 Å². The van der Waals surface area contributed by atoms with E-state index in [0.717, 1.165) is 38.4 Å². The minimum atomic E-state index is -3.15. The van der Waals surface area contributed by atoms with Crippen molar-refractivity contribution >= 4 is 130 Å². The van der Waals surface area contributed by atoms with Crippen molar-refractivity contribution in [1.82, 2.24) is 9.97 Å². The van der Waals surface area contributed by atoms with Crippen LogP contribution >= 0.6 is 19.9 Å². The number of rotatable bonds is 9. The van der Waals surface area contributed by atoms with Crippen LogP contribution in [0.25, 0.3) is 27.6 Å². The summed E-state index contributed by atoms with van der Waals surface area (Å²) in [5.41, 5.74) is 0.488. The molecular weight excluding hydrogens is 1010 g/mol. The third-order valence-electron chi connectivity index (χ3n) is 11.9. The van der Waals surface area contributed by atoms with E-state index < -0.39 is 38.4 Å². The Balaban J connectivity index is 0.000000491. The standard InChI is InChI=1S/C20H23NO4.C15H25BO5.C11H10ClNO.CH4.3K.HO4P/c1-14(22)15-3-4-16-13-21-18(12-17(16)11-15)5-6-20(19(23)24-2)7-9-25-10-8-20;1-13(2)14(3,4)21-16(20-13)9-6-15(12(17)18-5)7-10-19-11-8-15;1-7(14)8-2-3-9-6-13-11(12)5-10(9)4-8;;;;;1-4-5(2)3/h3-6,11-14,22H,7-10H2,1-2H3;6,9H,7-8,10-11H2,1-5H3;2-7,14H,1H3;1H4;;;;1H/q;;;;;;+1;/p-1/b6-5+;9-6+;;;;;;/t14-;;7-;;;;;/m1.1...../s1. The van der Waals surface area contributed by atoms with E-state index >= 15 is 0 Å². The van der Waals surface area contributed by atoms with Crippen LogP contribution in [0, 0.1) is 10.8 Å². The topological polar surface area (TPSA) is 228 Å². The molecule has 3 aliphatic rings. The number of hydrogen-bond donors (Lipinski definition) is 2. The summed E-state index contributed by atoms with van der Waals surface area (Å²) in [6, 6.07) is 15.3. The second-order valence-corrected chi connectivity index (χ2v) is 17.8. The zero-order valence-corrected chi connectivity index (χ0v) is 52.0. The van der Waals surface area contributed by atoms with Crippen molar-refractivity contribution in [3.8, 4) is 0 Å². The number of aromatic nitrogens is 2. The van der Waals surface area contributed by atoms with Crippen LogP contribution in [0.5, 0.6) is 0 Å². The summed E-state index contributed by atoms with van der Waals surface area (Å²) in [4.78, 5) is 41.7. The van der Waals surface area contributed by atoms with Gasteiger partial charge >= 0.3 is 142 Å². The van der Waals surface area contributed by atoms with E-state index in [1.165, 1.54) is 77.4 Å². The Hall–Kier alpha value is 0.684. The number of methoxy groups -OCH3 is 2. The van der Waals surface area contributed by atoms with Gasteiger partial charge in [-0.2, -0.15) is 0 Å². The number of esters is 2. The van der Waals surface area contributed by atoms with Crippen LogP contribution in [0.1, 0.15) is 104 Å². The Morgan fingerprint density at radius 1 is 0.768 bits per heavy atom. The maximum atomic E-state index is 12.3. The average Bonchev–Trinajstić information content (AvgIpc) is 3.55. The Morgan fingerprint density at radius 2 is 1.17 bits per heavy atom. The van der Waals surface area contributed by atoms with E-state index in [1.54, 1.807) is 32.3 Å². The van der Waals surface area contributed by atoms with Gasteiger partial charge in [-0.1, -0.05) is 61.4 Å². The molecule has 3 fully saturated rings. The van der Waals surface area contributed by atoms with Crippen LogP contribution in [0.2, 0.25) is 5.15 Å². The number of aliphatic hydroxyl groups is 2. The van der Waals surface area contributed by atoms with Gasteiger partial charge in [0, 0.05) is 49.6 Å². The maximum absolute atomic E-state index is 12.3. The number of hydrogen-bond acceptors (Lipinski definition) is 16. The van der Waals surface area contributed by atoms with E-state index in [0.29, 0.717) is 57.3 Å². The third kappa shape index (κ3) is 20.6. The molecule has 2 N–H and O–H groups in total. The van der Waals surface area contributed by atoms with Gasteiger partial charge in [0.15, 0.2) is 0 Å². The molecule has 1 unspecified atom stereocenters. The van der Waals surface area contributed by atoms with Crippen molar-refractivity contribution in [2.75, 3.05) is 40.6 Å². The van der Waals surface area contributed by atoms with Crippen LogP contribution in [0.3, 0.4) is 0 Å². The molecule has 0 radical (unpaired) electrons. The molecule has 2 aromatic carbocycles. The molecule has 5 heterocycles. The zero-order valence-electron chi connectivity index (χ0n) is 41.0. The summed E-state index contributed by atoms with van der Waals surface area (Å²) in [6.45, 7) is 13.7. The first-order valence-corrected chi connectivity index (χ1v) is 39.5. The van der Waals surface area contributed by atoms with E-state index in [4.69, 9.17) is 54.6 Å². The summed E-state index contributed by atoms with van der Waals surface area (Å²) >= 11 is 8.28. The molecule has 0 bridgehead atoms. The fourth-order valence-corrected chi connectivity index (χ4v) is 7.32. The van der Waals surface area contributed by atoms with E-state index in [2.05, 4.69) is 14.6 Å². The van der Waals surface area contributed by atoms with Crippen LogP contribution in [0.4, 0.5) is 0 Å². The number of nitrogens with zero attached hydrogens (tertiary/aromatic N) is 2. The van der Waals surface area contributed by atoms with Crippen molar-refractivity contribution in [3.63, 3.8) is 0 Å². The molecule has 2 aromatic heterocycles. The summed E-state index contributed by atoms with van der Waals surface area (Å²) < 4.78 is 43.9. The fraction of sp³-hybridized carbons (Fsp3) is 0.489. The minimum absolute atomic E-state index is 0. The monoisotopic (exact) mass is 1070 g/mol. The fourth-order valence-electron chi connectivity index (χ4n) is 7.15. The first-order valence-electron chi connectivity index (χ1n) is 22.0. The SMILES string of the molecule is C.COC(=O)C1(/C=C/B2OC(C)(C)C(C)(C)O2)CCOCC1.COC(=O)C1(/C=C/c2cc3cc([C@@H](C)O)ccc3cn2)CCOCC1.C[C@@H](O)c1ccc2cnc(Cl)cc2c1.O=[P+]([O-])O[O-].[K+].[K][K]. The van der Waals surface area contributed by atoms with Crippen LogP contribution in [-0.2, 0) is 47.1 Å². The number of pyridine rings is 2. The van der Waals surface area contributed by atoms with Gasteiger partial charge in [0.2, 0.25) is 0 Å². The van der Waals surface area contributed by atoms with Gasteiger partial charge < -0.3 is 48.6 Å². The number of carbonyl (C=O) groups is 2. The van der Waals surface area contributed by atoms with Crippen molar-refractivity contribution in [3.05, 3.63) is 101 Å². The molecule has 0 aliphatic carbocycles. The average molecular weight is 1070 g/mol. The number of aliphatic hydroxyl groups excluding tert-OH is 2. The van der Waals surface area contributed by atoms with Crippen LogP contribution in [-0.4, -0.2) is 154 Å². The van der Waals surface area contributed by atoms with Crippen molar-refractivity contribution in [2.45, 2.75) is 98.1 Å². The second kappa shape index (κ2) is 33.0. The molecule has 4 aromatic rings. The van der Waals surface area contributed by atoms with Gasteiger partial charge in [-0.3, -0.25) is 14.6 Å². The Bertz CT molecular complexity index is 2300. The number of carbonyl (C=O) groups excluding carboxylic acids is 2. The Labute approximate surface area is 500 Å². The summed E-state index contributed by atoms with van der Waals surface area (Å²) in [5, 5.41) is 32.2. The van der Waals surface area contributed by atoms with Crippen LogP contribution in [0.15, 0.2) is 79.1 Å². The first-order chi connectivity index (χ1) is 31.7. The third-order valence-corrected chi connectivity index (χ3v) is 12.2.